The van der Waals surface area contributed by atoms with E-state index in [9.17, 15) is 13.2 Å². The fourth-order valence-electron chi connectivity index (χ4n) is 12.1. The number of aryl methyl sites for hydroxylation is 3. The first-order valence-electron chi connectivity index (χ1n) is 24.0. The third kappa shape index (κ3) is 6.72. The topological polar surface area (TPSA) is 193 Å². The molecule has 3 fully saturated rings. The Labute approximate surface area is 411 Å². The highest BCUT2D eigenvalue weighted by Crippen LogP contribution is 2.57. The molecule has 1 N–H and O–H groups in total. The SMILES string of the molecule is Cc1cc(-n2nc3c(c2-n2ccn(-c4ccc5c(cnn5C)c4F)c2=O)[C@H](C)N(C(=O)c2cc4cc([C@H]5CCOC(C)(C)C5)ccc4n2[C@@]2(c4noc(=O)[nH]4)C[C@@H]2C)CC32CN(S(C)(=O)=O)C2)cc(C)c1F. The van der Waals surface area contributed by atoms with Crippen LogP contribution >= 0.6 is 0 Å². The van der Waals surface area contributed by atoms with E-state index in [1.807, 2.05) is 30.5 Å². The highest BCUT2D eigenvalue weighted by Gasteiger charge is 2.61. The summed E-state index contributed by atoms with van der Waals surface area (Å²) >= 11 is 0. The fraction of sp³-hybridized carbons (Fsp3) is 0.412. The minimum absolute atomic E-state index is 0.0232. The lowest BCUT2D eigenvalue weighted by atomic mass is 9.72. The van der Waals surface area contributed by atoms with Crippen molar-refractivity contribution in [2.45, 2.75) is 89.3 Å². The van der Waals surface area contributed by atoms with Crippen molar-refractivity contribution >= 4 is 37.7 Å². The molecule has 8 aromatic rings. The van der Waals surface area contributed by atoms with Gasteiger partial charge in [-0.3, -0.25) is 28.1 Å². The molecule has 8 heterocycles. The first-order valence-corrected chi connectivity index (χ1v) is 25.9. The second-order valence-electron chi connectivity index (χ2n) is 21.2. The molecule has 1 saturated carbocycles. The number of amides is 1. The number of halogens is 2. The summed E-state index contributed by atoms with van der Waals surface area (Å²) in [5, 5.41) is 14.6. The molecule has 374 valence electrons. The Hall–Kier alpha value is -6.97. The van der Waals surface area contributed by atoms with Gasteiger partial charge >= 0.3 is 11.4 Å². The molecule has 18 nitrogen and oxygen atoms in total. The molecular weight excluding hydrogens is 949 g/mol. The Morgan fingerprint density at radius 2 is 1.62 bits per heavy atom. The van der Waals surface area contributed by atoms with Gasteiger partial charge in [-0.25, -0.2) is 35.8 Å². The van der Waals surface area contributed by atoms with Crippen molar-refractivity contribution in [3.05, 3.63) is 139 Å². The van der Waals surface area contributed by atoms with Crippen molar-refractivity contribution in [3.63, 3.8) is 0 Å². The zero-order valence-corrected chi connectivity index (χ0v) is 41.8. The molecule has 0 bridgehead atoms. The van der Waals surface area contributed by atoms with Crippen molar-refractivity contribution in [2.75, 3.05) is 32.5 Å². The Morgan fingerprint density at radius 3 is 2.29 bits per heavy atom. The van der Waals surface area contributed by atoms with Crippen LogP contribution in [0.4, 0.5) is 8.78 Å². The van der Waals surface area contributed by atoms with E-state index in [4.69, 9.17) is 14.4 Å². The monoisotopic (exact) mass is 1000 g/mol. The lowest BCUT2D eigenvalue weighted by Gasteiger charge is -2.53. The molecule has 4 aliphatic rings. The number of fused-ring (bicyclic) bond motifs is 4. The quantitative estimate of drug-likeness (QED) is 0.178. The predicted octanol–water partition coefficient (Wildman–Crippen LogP) is 6.41. The first kappa shape index (κ1) is 46.1. The number of hydrogen-bond donors (Lipinski definition) is 1. The van der Waals surface area contributed by atoms with Crippen LogP contribution in [0.25, 0.3) is 39.0 Å². The van der Waals surface area contributed by atoms with Crippen LogP contribution in [0.15, 0.2) is 81.2 Å². The van der Waals surface area contributed by atoms with Gasteiger partial charge in [-0.2, -0.15) is 10.2 Å². The van der Waals surface area contributed by atoms with E-state index in [1.54, 1.807) is 48.7 Å². The van der Waals surface area contributed by atoms with Crippen molar-refractivity contribution < 1.29 is 31.3 Å². The first-order chi connectivity index (χ1) is 34.1. The largest absolute Gasteiger partial charge is 0.438 e. The summed E-state index contributed by atoms with van der Waals surface area (Å²) in [7, 11) is -2.02. The number of ether oxygens (including phenoxy) is 1. The van der Waals surface area contributed by atoms with Crippen LogP contribution in [-0.2, 0) is 32.8 Å². The molecule has 12 rings (SSSR count). The van der Waals surface area contributed by atoms with Crippen LogP contribution in [-0.4, -0.2) is 105 Å². The van der Waals surface area contributed by atoms with E-state index in [0.717, 1.165) is 35.6 Å². The summed E-state index contributed by atoms with van der Waals surface area (Å²) in [6.07, 6.45) is 7.65. The number of aromatic amines is 1. The summed E-state index contributed by atoms with van der Waals surface area (Å²) in [6.45, 7) is 11.9. The number of carbonyl (C=O) groups excluding carboxylic acids is 1. The summed E-state index contributed by atoms with van der Waals surface area (Å²) in [5.41, 5.74) is 1.59. The molecule has 3 aromatic carbocycles. The fourth-order valence-corrected chi connectivity index (χ4v) is 13.1. The minimum Gasteiger partial charge on any atom is -0.376 e. The number of carbonyl (C=O) groups is 1. The van der Waals surface area contributed by atoms with E-state index in [1.165, 1.54) is 42.8 Å². The van der Waals surface area contributed by atoms with Gasteiger partial charge < -0.3 is 14.2 Å². The Balaban J connectivity index is 1.07. The molecule has 21 heteroatoms. The van der Waals surface area contributed by atoms with Crippen LogP contribution in [0, 0.1) is 31.4 Å². The highest BCUT2D eigenvalue weighted by atomic mass is 32.2. The molecule has 1 amide bonds. The lowest BCUT2D eigenvalue weighted by molar-refractivity contribution is -0.0592. The van der Waals surface area contributed by atoms with Crippen LogP contribution < -0.4 is 11.4 Å². The Bertz CT molecular complexity index is 3830. The standard InChI is InChI=1S/C51H53F2N11O7S/c1-27-17-34(18-28(2)41(27)52)64-44(61-15-14-60(48(61)67)38-12-11-37-35(42(38)53)23-54-58(37)7)40-30(4)62(26-50(43(40)56-64)24-59(25-50)72(8,68)69)45(65)39-20-33-19-31(32-13-16-70-49(5,6)22-32)9-10-36(33)63(39)51(21-29(51)3)46-55-47(66)71-57-46/h9-12,14-15,17-20,23,29-30,32H,13,16,21-22,24-26H2,1-8H3,(H,55,57,66)/t29-,30-,32-,51-/m0/s1. The van der Waals surface area contributed by atoms with E-state index in [-0.39, 0.29) is 59.8 Å². The summed E-state index contributed by atoms with van der Waals surface area (Å²) < 4.78 is 78.3. The van der Waals surface area contributed by atoms with Crippen molar-refractivity contribution in [3.8, 4) is 17.2 Å². The highest BCUT2D eigenvalue weighted by molar-refractivity contribution is 7.88. The average molecular weight is 1000 g/mol. The van der Waals surface area contributed by atoms with Gasteiger partial charge in [0.2, 0.25) is 10.0 Å². The number of nitrogens with one attached hydrogen (secondary N) is 1. The number of H-pyrrole nitrogens is 1. The van der Waals surface area contributed by atoms with Crippen LogP contribution in [0.1, 0.15) is 103 Å². The molecule has 5 aromatic heterocycles. The van der Waals surface area contributed by atoms with Crippen molar-refractivity contribution in [2.24, 2.45) is 13.0 Å². The molecule has 3 aliphatic heterocycles. The average Bonchev–Trinajstić information content (AvgIpc) is 3.95. The molecule has 0 unspecified atom stereocenters. The molecule has 4 atom stereocenters. The second kappa shape index (κ2) is 15.5. The Kier molecular flexibility index (Phi) is 9.94. The second-order valence-corrected chi connectivity index (χ2v) is 23.2. The number of rotatable bonds is 8. The molecule has 1 aliphatic carbocycles. The number of hydrogen-bond acceptors (Lipinski definition) is 10. The normalized spacial score (nSPS) is 22.8. The van der Waals surface area contributed by atoms with Gasteiger partial charge in [0, 0.05) is 62.1 Å². The van der Waals surface area contributed by atoms with E-state index in [0.29, 0.717) is 52.3 Å². The van der Waals surface area contributed by atoms with Gasteiger partial charge in [-0.1, -0.05) is 18.1 Å². The summed E-state index contributed by atoms with van der Waals surface area (Å²) in [4.78, 5) is 48.2. The van der Waals surface area contributed by atoms with Crippen LogP contribution in [0.3, 0.4) is 0 Å². The van der Waals surface area contributed by atoms with Crippen LogP contribution in [0.2, 0.25) is 0 Å². The van der Waals surface area contributed by atoms with Gasteiger partial charge in [-0.15, -0.1) is 0 Å². The maximum absolute atomic E-state index is 16.4. The van der Waals surface area contributed by atoms with Gasteiger partial charge in [0.05, 0.1) is 57.5 Å². The number of benzene rings is 3. The smallest absolute Gasteiger partial charge is 0.376 e. The summed E-state index contributed by atoms with van der Waals surface area (Å²) in [6, 6.07) is 13.7. The van der Waals surface area contributed by atoms with Gasteiger partial charge in [0.25, 0.3) is 5.91 Å². The lowest BCUT2D eigenvalue weighted by Crippen LogP contribution is -2.67. The third-order valence-electron chi connectivity index (χ3n) is 16.0. The zero-order chi connectivity index (χ0) is 50.7. The molecule has 72 heavy (non-hydrogen) atoms. The molecule has 1 spiro atoms. The van der Waals surface area contributed by atoms with E-state index < -0.39 is 56.0 Å². The maximum atomic E-state index is 16.4. The van der Waals surface area contributed by atoms with Crippen molar-refractivity contribution in [1.29, 1.82) is 0 Å². The zero-order valence-electron chi connectivity index (χ0n) is 41.0. The molecule has 0 radical (unpaired) electrons. The Morgan fingerprint density at radius 1 is 0.917 bits per heavy atom. The number of imidazole rings is 1. The maximum Gasteiger partial charge on any atom is 0.438 e. The molecule has 2 saturated heterocycles. The van der Waals surface area contributed by atoms with Gasteiger partial charge in [-0.05, 0) is 125 Å². The minimum atomic E-state index is -3.72. The van der Waals surface area contributed by atoms with E-state index in [2.05, 4.69) is 41.2 Å². The van der Waals surface area contributed by atoms with Gasteiger partial charge in [0.15, 0.2) is 11.6 Å². The number of aromatic nitrogens is 9. The van der Waals surface area contributed by atoms with Gasteiger partial charge in [0.1, 0.15) is 22.9 Å². The van der Waals surface area contributed by atoms with E-state index >= 15 is 18.4 Å². The number of nitrogens with zero attached hydrogens (tertiary/aromatic N) is 10. The number of sulfonamides is 1. The summed E-state index contributed by atoms with van der Waals surface area (Å²) in [5.74, 6) is -1.59. The molecular formula is C51H53F2N11O7S. The third-order valence-corrected chi connectivity index (χ3v) is 17.2. The predicted molar refractivity (Wildman–Crippen MR) is 262 cm³/mol. The van der Waals surface area contributed by atoms with Crippen LogP contribution in [0.5, 0.6) is 0 Å². The van der Waals surface area contributed by atoms with Crippen molar-refractivity contribution in [1.82, 2.24) is 52.6 Å².